The van der Waals surface area contributed by atoms with Crippen LogP contribution >= 0.6 is 0 Å². The van der Waals surface area contributed by atoms with Crippen molar-refractivity contribution in [2.24, 2.45) is 0 Å². The smallest absolute Gasteiger partial charge is 0.241 e. The van der Waals surface area contributed by atoms with Crippen molar-refractivity contribution in [1.29, 1.82) is 0 Å². The Morgan fingerprint density at radius 2 is 2.00 bits per heavy atom. The number of hydrogen-bond acceptors (Lipinski definition) is 3. The molecule has 0 radical (unpaired) electrons. The summed E-state index contributed by atoms with van der Waals surface area (Å²) in [7, 11) is 0. The van der Waals surface area contributed by atoms with Gasteiger partial charge in [-0.2, -0.15) is 0 Å². The number of benzene rings is 1. The summed E-state index contributed by atoms with van der Waals surface area (Å²) in [4.78, 5) is 19.2. The van der Waals surface area contributed by atoms with Crippen LogP contribution in [0.5, 0.6) is 0 Å². The summed E-state index contributed by atoms with van der Waals surface area (Å²) in [5.74, 6) is 0.522. The van der Waals surface area contributed by atoms with Gasteiger partial charge in [-0.05, 0) is 37.6 Å². The maximum Gasteiger partial charge on any atom is 0.241 e. The molecule has 4 heteroatoms. The van der Waals surface area contributed by atoms with Gasteiger partial charge in [-0.3, -0.25) is 14.7 Å². The van der Waals surface area contributed by atoms with Crippen molar-refractivity contribution >= 4 is 11.6 Å². The molecule has 0 spiro atoms. The zero-order chi connectivity index (χ0) is 16.2. The van der Waals surface area contributed by atoms with Crippen LogP contribution in [0.15, 0.2) is 48.7 Å². The number of nitrogens with zero attached hydrogens (tertiary/aromatic N) is 2. The second kappa shape index (κ2) is 6.92. The van der Waals surface area contributed by atoms with Gasteiger partial charge in [0.25, 0.3) is 0 Å². The molecular weight excluding hydrogens is 286 g/mol. The number of nitrogens with one attached hydrogen (secondary N) is 1. The maximum atomic E-state index is 12.5. The first-order chi connectivity index (χ1) is 11.2. The quantitative estimate of drug-likeness (QED) is 0.922. The predicted octanol–water partition coefficient (Wildman–Crippen LogP) is 3.21. The van der Waals surface area contributed by atoms with Gasteiger partial charge in [-0.15, -0.1) is 0 Å². The Kier molecular flexibility index (Phi) is 4.72. The van der Waals surface area contributed by atoms with Crippen LogP contribution in [0, 0.1) is 6.92 Å². The Labute approximate surface area is 137 Å². The van der Waals surface area contributed by atoms with Crippen molar-refractivity contribution < 1.29 is 4.79 Å². The average molecular weight is 309 g/mol. The van der Waals surface area contributed by atoms with Crippen LogP contribution in [0.2, 0.25) is 0 Å². The third kappa shape index (κ3) is 3.59. The standard InChI is InChI=1S/C19H23N3O/c1-3-18(19(23)21-16-9-7-14(2)8-10-16)22-12-15(13-22)17-6-4-5-11-20-17/h4-11,15,18H,3,12-13H2,1-2H3,(H,21,23)/t18-/m0/s1. The van der Waals surface area contributed by atoms with Gasteiger partial charge >= 0.3 is 0 Å². The second-order valence-electron chi connectivity index (χ2n) is 6.18. The van der Waals surface area contributed by atoms with Crippen LogP contribution in [0.25, 0.3) is 0 Å². The molecule has 0 bridgehead atoms. The highest BCUT2D eigenvalue weighted by molar-refractivity contribution is 5.94. The highest BCUT2D eigenvalue weighted by atomic mass is 16.2. The average Bonchev–Trinajstić information content (AvgIpc) is 2.53. The summed E-state index contributed by atoms with van der Waals surface area (Å²) in [6.07, 6.45) is 2.64. The molecule has 1 aliphatic rings. The number of anilines is 1. The molecule has 0 aliphatic carbocycles. The molecule has 0 unspecified atom stereocenters. The summed E-state index contributed by atoms with van der Waals surface area (Å²) in [6, 6.07) is 13.9. The summed E-state index contributed by atoms with van der Waals surface area (Å²) in [5, 5.41) is 3.03. The topological polar surface area (TPSA) is 45.2 Å². The number of rotatable bonds is 5. The van der Waals surface area contributed by atoms with Crippen molar-refractivity contribution in [3.05, 3.63) is 59.9 Å². The zero-order valence-electron chi connectivity index (χ0n) is 13.7. The molecule has 2 aromatic rings. The summed E-state index contributed by atoms with van der Waals surface area (Å²) in [5.41, 5.74) is 3.18. The van der Waals surface area contributed by atoms with E-state index in [1.54, 1.807) is 0 Å². The molecule has 0 saturated carbocycles. The first kappa shape index (κ1) is 15.7. The minimum atomic E-state index is -0.0729. The van der Waals surface area contributed by atoms with Gasteiger partial charge in [0.2, 0.25) is 5.91 Å². The first-order valence-electron chi connectivity index (χ1n) is 8.20. The van der Waals surface area contributed by atoms with E-state index in [-0.39, 0.29) is 11.9 Å². The third-order valence-electron chi connectivity index (χ3n) is 4.47. The Morgan fingerprint density at radius 1 is 1.26 bits per heavy atom. The lowest BCUT2D eigenvalue weighted by molar-refractivity contribution is -0.123. The van der Waals surface area contributed by atoms with Gasteiger partial charge < -0.3 is 5.32 Å². The summed E-state index contributed by atoms with van der Waals surface area (Å²) in [6.45, 7) is 5.90. The lowest BCUT2D eigenvalue weighted by Crippen LogP contribution is -2.54. The molecular formula is C19H23N3O. The number of amides is 1. The monoisotopic (exact) mass is 309 g/mol. The molecule has 1 aromatic carbocycles. The Morgan fingerprint density at radius 3 is 2.61 bits per heavy atom. The van der Waals surface area contributed by atoms with Gasteiger partial charge in [0.15, 0.2) is 0 Å². The van der Waals surface area contributed by atoms with Crippen molar-refractivity contribution in [1.82, 2.24) is 9.88 Å². The fraction of sp³-hybridized carbons (Fsp3) is 0.368. The molecule has 1 fully saturated rings. The molecule has 1 atom stereocenters. The van der Waals surface area contributed by atoms with Crippen LogP contribution in [0.3, 0.4) is 0 Å². The molecule has 23 heavy (non-hydrogen) atoms. The van der Waals surface area contributed by atoms with E-state index in [0.29, 0.717) is 5.92 Å². The van der Waals surface area contributed by atoms with Gasteiger partial charge in [0.1, 0.15) is 0 Å². The van der Waals surface area contributed by atoms with Crippen molar-refractivity contribution in [2.45, 2.75) is 32.2 Å². The van der Waals surface area contributed by atoms with Crippen LogP contribution in [0.1, 0.15) is 30.5 Å². The van der Waals surface area contributed by atoms with Gasteiger partial charge in [-0.25, -0.2) is 0 Å². The Balaban J connectivity index is 1.58. The van der Waals surface area contributed by atoms with E-state index in [0.717, 1.165) is 30.9 Å². The number of hydrogen-bond donors (Lipinski definition) is 1. The number of carbonyl (C=O) groups is 1. The predicted molar refractivity (Wildman–Crippen MR) is 92.4 cm³/mol. The molecule has 1 N–H and O–H groups in total. The summed E-state index contributed by atoms with van der Waals surface area (Å²) >= 11 is 0. The van der Waals surface area contributed by atoms with Crippen molar-refractivity contribution in [2.75, 3.05) is 18.4 Å². The third-order valence-corrected chi connectivity index (χ3v) is 4.47. The van der Waals surface area contributed by atoms with Crippen LogP contribution in [-0.4, -0.2) is 34.9 Å². The molecule has 3 rings (SSSR count). The van der Waals surface area contributed by atoms with E-state index < -0.39 is 0 Å². The molecule has 1 saturated heterocycles. The fourth-order valence-electron chi connectivity index (χ4n) is 3.04. The number of aryl methyl sites for hydroxylation is 1. The minimum Gasteiger partial charge on any atom is -0.325 e. The highest BCUT2D eigenvalue weighted by Crippen LogP contribution is 2.28. The fourth-order valence-corrected chi connectivity index (χ4v) is 3.04. The van der Waals surface area contributed by atoms with Crippen LogP contribution in [-0.2, 0) is 4.79 Å². The molecule has 4 nitrogen and oxygen atoms in total. The van der Waals surface area contributed by atoms with E-state index >= 15 is 0 Å². The second-order valence-corrected chi connectivity index (χ2v) is 6.18. The van der Waals surface area contributed by atoms with Crippen LogP contribution in [0.4, 0.5) is 5.69 Å². The summed E-state index contributed by atoms with van der Waals surface area (Å²) < 4.78 is 0. The largest absolute Gasteiger partial charge is 0.325 e. The number of carbonyl (C=O) groups excluding carboxylic acids is 1. The molecule has 120 valence electrons. The van der Waals surface area contributed by atoms with Gasteiger partial charge in [0, 0.05) is 36.6 Å². The first-order valence-corrected chi connectivity index (χ1v) is 8.20. The SMILES string of the molecule is CC[C@@H](C(=O)Nc1ccc(C)cc1)N1CC(c2ccccn2)C1. The van der Waals surface area contributed by atoms with Crippen molar-refractivity contribution in [3.63, 3.8) is 0 Å². The van der Waals surface area contributed by atoms with E-state index in [4.69, 9.17) is 0 Å². The van der Waals surface area contributed by atoms with Gasteiger partial charge in [0.05, 0.1) is 6.04 Å². The molecule has 2 heterocycles. The van der Waals surface area contributed by atoms with Crippen LogP contribution < -0.4 is 5.32 Å². The van der Waals surface area contributed by atoms with Gasteiger partial charge in [-0.1, -0.05) is 30.7 Å². The van der Waals surface area contributed by atoms with Crippen molar-refractivity contribution in [3.8, 4) is 0 Å². The molecule has 1 amide bonds. The minimum absolute atomic E-state index is 0.0729. The lowest BCUT2D eigenvalue weighted by Gasteiger charge is -2.43. The molecule has 1 aromatic heterocycles. The lowest BCUT2D eigenvalue weighted by atomic mass is 9.92. The Hall–Kier alpha value is -2.20. The Bertz CT molecular complexity index is 648. The van der Waals surface area contributed by atoms with E-state index in [1.165, 1.54) is 5.56 Å². The van der Waals surface area contributed by atoms with E-state index in [1.807, 2.05) is 49.5 Å². The van der Waals surface area contributed by atoms with E-state index in [9.17, 15) is 4.79 Å². The maximum absolute atomic E-state index is 12.5. The highest BCUT2D eigenvalue weighted by Gasteiger charge is 2.36. The number of pyridine rings is 1. The number of aromatic nitrogens is 1. The molecule has 1 aliphatic heterocycles. The normalized spacial score (nSPS) is 16.6. The number of likely N-dealkylation sites (tertiary alicyclic amines) is 1. The van der Waals surface area contributed by atoms with E-state index in [2.05, 4.69) is 28.2 Å². The zero-order valence-corrected chi connectivity index (χ0v) is 13.7.